The third kappa shape index (κ3) is 2.28. The zero-order valence-corrected chi connectivity index (χ0v) is 8.60. The molecule has 0 aliphatic rings. The highest BCUT2D eigenvalue weighted by Crippen LogP contribution is 2.19. The van der Waals surface area contributed by atoms with Crippen LogP contribution in [0.15, 0.2) is 22.7 Å². The number of alkyl halides is 1. The van der Waals surface area contributed by atoms with E-state index in [0.717, 1.165) is 0 Å². The molecule has 13 heavy (non-hydrogen) atoms. The van der Waals surface area contributed by atoms with E-state index >= 15 is 0 Å². The fraction of sp³-hybridized carbons (Fsp3) is 0.222. The summed E-state index contributed by atoms with van der Waals surface area (Å²) in [7, 11) is 1.30. The summed E-state index contributed by atoms with van der Waals surface area (Å²) in [5.74, 6) is -0.433. The lowest BCUT2D eigenvalue weighted by Crippen LogP contribution is -2.02. The monoisotopic (exact) mass is 246 g/mol. The van der Waals surface area contributed by atoms with Crippen LogP contribution < -0.4 is 0 Å². The normalized spacial score (nSPS) is 9.77. The van der Waals surface area contributed by atoms with Gasteiger partial charge in [-0.15, -0.1) is 0 Å². The first-order valence-corrected chi connectivity index (χ1v) is 4.41. The van der Waals surface area contributed by atoms with E-state index in [4.69, 9.17) is 0 Å². The Morgan fingerprint density at radius 1 is 1.62 bits per heavy atom. The molecule has 1 aromatic carbocycles. The van der Waals surface area contributed by atoms with Gasteiger partial charge in [0.1, 0.15) is 6.67 Å². The van der Waals surface area contributed by atoms with Gasteiger partial charge in [0.25, 0.3) is 0 Å². The van der Waals surface area contributed by atoms with Crippen LogP contribution in [-0.2, 0) is 11.4 Å². The van der Waals surface area contributed by atoms with Gasteiger partial charge in [-0.25, -0.2) is 9.18 Å². The topological polar surface area (TPSA) is 26.3 Å². The Morgan fingerprint density at radius 3 is 2.77 bits per heavy atom. The molecule has 0 fully saturated rings. The van der Waals surface area contributed by atoms with E-state index in [1.165, 1.54) is 13.2 Å². The molecule has 1 aromatic rings. The quantitative estimate of drug-likeness (QED) is 0.751. The van der Waals surface area contributed by atoms with Gasteiger partial charge in [0, 0.05) is 4.47 Å². The highest BCUT2D eigenvalue weighted by molar-refractivity contribution is 9.10. The predicted molar refractivity (Wildman–Crippen MR) is 50.3 cm³/mol. The van der Waals surface area contributed by atoms with Crippen LogP contribution in [0.3, 0.4) is 0 Å². The van der Waals surface area contributed by atoms with Gasteiger partial charge >= 0.3 is 5.97 Å². The molecule has 0 saturated carbocycles. The zero-order valence-electron chi connectivity index (χ0n) is 7.01. The number of hydrogen-bond acceptors (Lipinski definition) is 2. The molecule has 0 saturated heterocycles. The molecule has 0 unspecified atom stereocenters. The molecule has 0 aromatic heterocycles. The second-order valence-electron chi connectivity index (χ2n) is 2.44. The average Bonchev–Trinajstić information content (AvgIpc) is 2.16. The van der Waals surface area contributed by atoms with E-state index in [0.29, 0.717) is 15.6 Å². The minimum atomic E-state index is -0.542. The molecule has 0 bridgehead atoms. The summed E-state index contributed by atoms with van der Waals surface area (Å²) in [6.45, 7) is -0.542. The molecule has 1 rings (SSSR count). The van der Waals surface area contributed by atoms with Gasteiger partial charge in [0.05, 0.1) is 12.7 Å². The maximum absolute atomic E-state index is 12.2. The summed E-state index contributed by atoms with van der Waals surface area (Å²) in [6, 6.07) is 4.65. The number of halogens is 2. The maximum Gasteiger partial charge on any atom is 0.339 e. The Bertz CT molecular complexity index is 325. The van der Waals surface area contributed by atoms with Crippen molar-refractivity contribution in [3.8, 4) is 0 Å². The van der Waals surface area contributed by atoms with Crippen molar-refractivity contribution < 1.29 is 13.9 Å². The molecule has 70 valence electrons. The Hall–Kier alpha value is -0.900. The molecule has 0 spiro atoms. The second kappa shape index (κ2) is 4.37. The SMILES string of the molecule is COC(=O)c1ccc(CF)cc1Br. The van der Waals surface area contributed by atoms with Crippen molar-refractivity contribution in [2.45, 2.75) is 6.67 Å². The first kappa shape index (κ1) is 10.2. The van der Waals surface area contributed by atoms with Crippen LogP contribution in [0.4, 0.5) is 4.39 Å². The van der Waals surface area contributed by atoms with E-state index < -0.39 is 12.6 Å². The van der Waals surface area contributed by atoms with E-state index in [2.05, 4.69) is 20.7 Å². The molecule has 4 heteroatoms. The van der Waals surface area contributed by atoms with E-state index in [9.17, 15) is 9.18 Å². The molecule has 2 nitrogen and oxygen atoms in total. The molecule has 0 heterocycles. The number of methoxy groups -OCH3 is 1. The highest BCUT2D eigenvalue weighted by Gasteiger charge is 2.09. The van der Waals surface area contributed by atoms with Crippen molar-refractivity contribution in [3.63, 3.8) is 0 Å². The van der Waals surface area contributed by atoms with Crippen molar-refractivity contribution >= 4 is 21.9 Å². The predicted octanol–water partition coefficient (Wildman–Crippen LogP) is 2.71. The number of esters is 1. The zero-order chi connectivity index (χ0) is 9.84. The summed E-state index contributed by atoms with van der Waals surface area (Å²) in [5.41, 5.74) is 0.930. The third-order valence-corrected chi connectivity index (χ3v) is 2.25. The third-order valence-electron chi connectivity index (χ3n) is 1.59. The highest BCUT2D eigenvalue weighted by atomic mass is 79.9. The number of carbonyl (C=O) groups is 1. The first-order chi connectivity index (χ1) is 6.19. The minimum Gasteiger partial charge on any atom is -0.465 e. The van der Waals surface area contributed by atoms with Crippen molar-refractivity contribution in [1.29, 1.82) is 0 Å². The fourth-order valence-electron chi connectivity index (χ4n) is 0.917. The number of benzene rings is 1. The second-order valence-corrected chi connectivity index (χ2v) is 3.29. The Morgan fingerprint density at radius 2 is 2.31 bits per heavy atom. The van der Waals surface area contributed by atoms with Crippen LogP contribution in [0.5, 0.6) is 0 Å². The largest absolute Gasteiger partial charge is 0.465 e. The number of ether oxygens (including phenoxy) is 1. The van der Waals surface area contributed by atoms with Gasteiger partial charge in [-0.3, -0.25) is 0 Å². The first-order valence-electron chi connectivity index (χ1n) is 3.61. The summed E-state index contributed by atoms with van der Waals surface area (Å²) >= 11 is 3.16. The van der Waals surface area contributed by atoms with Crippen LogP contribution in [0.1, 0.15) is 15.9 Å². The van der Waals surface area contributed by atoms with Crippen molar-refractivity contribution in [3.05, 3.63) is 33.8 Å². The van der Waals surface area contributed by atoms with Gasteiger partial charge in [0.2, 0.25) is 0 Å². The molecular formula is C9H8BrFO2. The van der Waals surface area contributed by atoms with Crippen molar-refractivity contribution in [2.75, 3.05) is 7.11 Å². The molecular weight excluding hydrogens is 239 g/mol. The summed E-state index contributed by atoms with van der Waals surface area (Å²) in [6.07, 6.45) is 0. The molecule has 0 N–H and O–H groups in total. The molecule has 0 radical (unpaired) electrons. The van der Waals surface area contributed by atoms with Crippen LogP contribution >= 0.6 is 15.9 Å². The minimum absolute atomic E-state index is 0.403. The summed E-state index contributed by atoms with van der Waals surface area (Å²) in [4.78, 5) is 11.1. The molecule has 0 aliphatic heterocycles. The lowest BCUT2D eigenvalue weighted by atomic mass is 10.1. The summed E-state index contributed by atoms with van der Waals surface area (Å²) < 4.78 is 17.3. The van der Waals surface area contributed by atoms with Crippen LogP contribution in [0.2, 0.25) is 0 Å². The average molecular weight is 247 g/mol. The molecule has 0 atom stereocenters. The van der Waals surface area contributed by atoms with E-state index in [-0.39, 0.29) is 0 Å². The van der Waals surface area contributed by atoms with E-state index in [1.807, 2.05) is 0 Å². The number of rotatable bonds is 2. The van der Waals surface area contributed by atoms with Crippen LogP contribution in [0.25, 0.3) is 0 Å². The van der Waals surface area contributed by atoms with Gasteiger partial charge in [-0.05, 0) is 33.6 Å². The van der Waals surface area contributed by atoms with Gasteiger partial charge in [-0.2, -0.15) is 0 Å². The smallest absolute Gasteiger partial charge is 0.339 e. The van der Waals surface area contributed by atoms with Crippen LogP contribution in [-0.4, -0.2) is 13.1 Å². The fourth-order valence-corrected chi connectivity index (χ4v) is 1.51. The lowest BCUT2D eigenvalue weighted by molar-refractivity contribution is 0.0599. The lowest BCUT2D eigenvalue weighted by Gasteiger charge is -2.02. The maximum atomic E-state index is 12.2. The number of carbonyl (C=O) groups excluding carboxylic acids is 1. The van der Waals surface area contributed by atoms with Gasteiger partial charge in [0.15, 0.2) is 0 Å². The van der Waals surface area contributed by atoms with Gasteiger partial charge in [-0.1, -0.05) is 6.07 Å². The Kier molecular flexibility index (Phi) is 3.42. The van der Waals surface area contributed by atoms with Crippen LogP contribution in [0, 0.1) is 0 Å². The van der Waals surface area contributed by atoms with E-state index in [1.54, 1.807) is 12.1 Å². The Balaban J connectivity index is 3.05. The molecule has 0 amide bonds. The van der Waals surface area contributed by atoms with Crippen molar-refractivity contribution in [2.24, 2.45) is 0 Å². The summed E-state index contributed by atoms with van der Waals surface area (Å²) in [5, 5.41) is 0. The van der Waals surface area contributed by atoms with Gasteiger partial charge < -0.3 is 4.74 Å². The number of hydrogen-bond donors (Lipinski definition) is 0. The molecule has 0 aliphatic carbocycles. The standard InChI is InChI=1S/C9H8BrFO2/c1-13-9(12)7-3-2-6(5-11)4-8(7)10/h2-4H,5H2,1H3. The Labute approximate surface area is 83.8 Å². The van der Waals surface area contributed by atoms with Crippen molar-refractivity contribution in [1.82, 2.24) is 0 Å².